The summed E-state index contributed by atoms with van der Waals surface area (Å²) in [5.74, 6) is 2.22. The van der Waals surface area contributed by atoms with Gasteiger partial charge in [0.05, 0.1) is 0 Å². The quantitative estimate of drug-likeness (QED) is 0.821. The topological polar surface area (TPSA) is 75.3 Å². The second-order valence-electron chi connectivity index (χ2n) is 5.95. The van der Waals surface area contributed by atoms with Crippen molar-refractivity contribution in [3.63, 3.8) is 0 Å². The van der Waals surface area contributed by atoms with Crippen molar-refractivity contribution in [2.24, 2.45) is 17.8 Å². The number of allylic oxidation sites excluding steroid dienone is 1. The molecule has 2 aliphatic carbocycles. The molecular weight excluding hydrogens is 256 g/mol. The lowest BCUT2D eigenvalue weighted by Gasteiger charge is -2.27. The number of nitrogens with one attached hydrogen (secondary N) is 2. The van der Waals surface area contributed by atoms with Crippen molar-refractivity contribution >= 4 is 12.1 Å². The number of fused-ring (bicyclic) bond motifs is 1. The molecule has 0 saturated heterocycles. The predicted octanol–water partition coefficient (Wildman–Crippen LogP) is 1.47. The molecule has 5 atom stereocenters. The zero-order chi connectivity index (χ0) is 15.3. The lowest BCUT2D eigenvalue weighted by Crippen LogP contribution is -2.44. The Morgan fingerprint density at radius 2 is 1.75 bits per heavy atom. The van der Waals surface area contributed by atoms with Gasteiger partial charge >= 0.3 is 6.15 Å². The van der Waals surface area contributed by atoms with Crippen molar-refractivity contribution in [3.05, 3.63) is 12.3 Å². The summed E-state index contributed by atoms with van der Waals surface area (Å²) in [5.41, 5.74) is 1.04. The molecule has 2 rings (SSSR count). The van der Waals surface area contributed by atoms with Gasteiger partial charge in [0.2, 0.25) is 5.91 Å². The molecule has 0 aromatic rings. The molecule has 0 radical (unpaired) electrons. The lowest BCUT2D eigenvalue weighted by molar-refractivity contribution is -0.191. The van der Waals surface area contributed by atoms with Gasteiger partial charge in [0.15, 0.2) is 0 Å². The maximum Gasteiger partial charge on any atom is 0.373 e. The van der Waals surface area contributed by atoms with Crippen LogP contribution >= 0.6 is 0 Å². The highest BCUT2D eigenvalue weighted by molar-refractivity contribution is 5.73. The van der Waals surface area contributed by atoms with E-state index in [-0.39, 0.29) is 12.1 Å². The first-order valence-electron chi connectivity index (χ1n) is 7.09. The number of hydrogen-bond donors (Lipinski definition) is 2. The van der Waals surface area contributed by atoms with Crippen LogP contribution in [0.15, 0.2) is 12.3 Å². The Morgan fingerprint density at radius 3 is 2.25 bits per heavy atom. The zero-order valence-corrected chi connectivity index (χ0v) is 12.4. The molecule has 0 spiro atoms. The van der Waals surface area contributed by atoms with Crippen LogP contribution in [-0.4, -0.2) is 24.1 Å². The van der Waals surface area contributed by atoms with Gasteiger partial charge in [-0.05, 0) is 38.0 Å². The van der Waals surface area contributed by atoms with Crippen molar-refractivity contribution in [2.45, 2.75) is 52.1 Å². The van der Waals surface area contributed by atoms with E-state index >= 15 is 0 Å². The highest BCUT2D eigenvalue weighted by atomic mass is 16.2. The van der Waals surface area contributed by atoms with E-state index < -0.39 is 0 Å². The highest BCUT2D eigenvalue weighted by Crippen LogP contribution is 2.47. The third-order valence-electron chi connectivity index (χ3n) is 4.41. The Hall–Kier alpha value is -1.61. The summed E-state index contributed by atoms with van der Waals surface area (Å²) >= 11 is 0. The van der Waals surface area contributed by atoms with E-state index in [9.17, 15) is 4.79 Å². The first kappa shape index (κ1) is 16.4. The normalized spacial score (nSPS) is 34.2. The Balaban J connectivity index is 0.000000612. The van der Waals surface area contributed by atoms with Crippen LogP contribution in [0.5, 0.6) is 0 Å². The van der Waals surface area contributed by atoms with Gasteiger partial charge in [-0.25, -0.2) is 0 Å². The first-order chi connectivity index (χ1) is 9.40. The highest BCUT2D eigenvalue weighted by Gasteiger charge is 2.48. The summed E-state index contributed by atoms with van der Waals surface area (Å²) in [6.07, 6.45) is 3.84. The molecule has 0 aromatic carbocycles. The van der Waals surface area contributed by atoms with E-state index in [0.29, 0.717) is 18.0 Å². The fourth-order valence-electron chi connectivity index (χ4n) is 3.93. The van der Waals surface area contributed by atoms with Crippen molar-refractivity contribution in [3.8, 4) is 0 Å². The number of hydrogen-bond acceptors (Lipinski definition) is 4. The van der Waals surface area contributed by atoms with E-state index in [0.717, 1.165) is 24.0 Å². The van der Waals surface area contributed by atoms with Crippen LogP contribution < -0.4 is 10.6 Å². The van der Waals surface area contributed by atoms with E-state index in [1.54, 1.807) is 6.92 Å². The summed E-state index contributed by atoms with van der Waals surface area (Å²) in [6, 6.07) is 0.853. The Morgan fingerprint density at radius 1 is 1.15 bits per heavy atom. The smallest absolute Gasteiger partial charge is 0.373 e. The fourth-order valence-corrected chi connectivity index (χ4v) is 3.93. The van der Waals surface area contributed by atoms with Gasteiger partial charge in [0.1, 0.15) is 0 Å². The van der Waals surface area contributed by atoms with Gasteiger partial charge < -0.3 is 10.6 Å². The molecule has 1 amide bonds. The van der Waals surface area contributed by atoms with Crippen LogP contribution in [0.1, 0.15) is 40.0 Å². The van der Waals surface area contributed by atoms with Crippen LogP contribution in [0.4, 0.5) is 0 Å². The SMILES string of the molecule is C=C(C)N[C@@H]1C[C@H](C)[C@H]2CC[C@H](NC(C)=O)[C@H]21.O=C=O. The van der Waals surface area contributed by atoms with E-state index in [1.807, 2.05) is 6.92 Å². The van der Waals surface area contributed by atoms with Crippen LogP contribution in [0.25, 0.3) is 0 Å². The van der Waals surface area contributed by atoms with Gasteiger partial charge in [0, 0.05) is 30.6 Å². The van der Waals surface area contributed by atoms with E-state index in [2.05, 4.69) is 24.1 Å². The summed E-state index contributed by atoms with van der Waals surface area (Å²) in [6.45, 7) is 9.92. The average Bonchev–Trinajstić information content (AvgIpc) is 2.83. The van der Waals surface area contributed by atoms with E-state index in [1.165, 1.54) is 12.8 Å². The minimum atomic E-state index is 0.101. The van der Waals surface area contributed by atoms with Gasteiger partial charge in [-0.3, -0.25) is 4.79 Å². The average molecular weight is 280 g/mol. The molecule has 0 aliphatic heterocycles. The maximum atomic E-state index is 11.2. The van der Waals surface area contributed by atoms with Crippen LogP contribution in [0.2, 0.25) is 0 Å². The molecule has 0 unspecified atom stereocenters. The first-order valence-corrected chi connectivity index (χ1v) is 7.09. The van der Waals surface area contributed by atoms with Gasteiger partial charge in [-0.1, -0.05) is 13.5 Å². The number of amides is 1. The van der Waals surface area contributed by atoms with Crippen molar-refractivity contribution in [1.82, 2.24) is 10.6 Å². The number of carbonyl (C=O) groups excluding carboxylic acids is 3. The van der Waals surface area contributed by atoms with Crippen LogP contribution in [-0.2, 0) is 14.4 Å². The molecule has 112 valence electrons. The van der Waals surface area contributed by atoms with Crippen molar-refractivity contribution in [2.75, 3.05) is 0 Å². The summed E-state index contributed by atoms with van der Waals surface area (Å²) in [7, 11) is 0. The van der Waals surface area contributed by atoms with Crippen LogP contribution in [0, 0.1) is 17.8 Å². The Labute approximate surface area is 120 Å². The minimum Gasteiger partial charge on any atom is -0.386 e. The third kappa shape index (κ3) is 3.94. The molecule has 0 aromatic heterocycles. The fraction of sp³-hybridized carbons (Fsp3) is 0.733. The minimum absolute atomic E-state index is 0.101. The second kappa shape index (κ2) is 7.25. The predicted molar refractivity (Wildman–Crippen MR) is 74.3 cm³/mol. The molecule has 0 heterocycles. The monoisotopic (exact) mass is 280 g/mol. The largest absolute Gasteiger partial charge is 0.386 e. The third-order valence-corrected chi connectivity index (χ3v) is 4.41. The van der Waals surface area contributed by atoms with Gasteiger partial charge in [-0.2, -0.15) is 9.59 Å². The number of rotatable bonds is 3. The molecule has 2 saturated carbocycles. The molecule has 0 bridgehead atoms. The van der Waals surface area contributed by atoms with Crippen molar-refractivity contribution in [1.29, 1.82) is 0 Å². The Bertz CT molecular complexity index is 402. The number of carbonyl (C=O) groups is 1. The molecule has 2 aliphatic rings. The zero-order valence-electron chi connectivity index (χ0n) is 12.4. The summed E-state index contributed by atoms with van der Waals surface area (Å²) in [5, 5.41) is 6.63. The van der Waals surface area contributed by atoms with Crippen LogP contribution in [0.3, 0.4) is 0 Å². The molecular formula is C15H24N2O3. The maximum absolute atomic E-state index is 11.2. The summed E-state index contributed by atoms with van der Waals surface area (Å²) in [4.78, 5) is 27.5. The van der Waals surface area contributed by atoms with Gasteiger partial charge in [0.25, 0.3) is 0 Å². The molecule has 5 nitrogen and oxygen atoms in total. The molecule has 2 N–H and O–H groups in total. The molecule has 5 heteroatoms. The molecule has 2 fully saturated rings. The Kier molecular flexibility index (Phi) is 5.96. The summed E-state index contributed by atoms with van der Waals surface area (Å²) < 4.78 is 0. The van der Waals surface area contributed by atoms with E-state index in [4.69, 9.17) is 9.59 Å². The lowest BCUT2D eigenvalue weighted by atomic mass is 9.91. The van der Waals surface area contributed by atoms with Gasteiger partial charge in [-0.15, -0.1) is 0 Å². The standard InChI is InChI=1S/C14H24N2O.CO2/c1-8(2)15-13-7-9(3)11-5-6-12(14(11)13)16-10(4)17;2-1-3/h9,11-15H,1,5-7H2,2-4H3,(H,16,17);/t9-,11+,12-,13+,14-;/m0./s1. The second-order valence-corrected chi connectivity index (χ2v) is 5.95. The molecule has 20 heavy (non-hydrogen) atoms. The van der Waals surface area contributed by atoms with Crippen molar-refractivity contribution < 1.29 is 14.4 Å².